The van der Waals surface area contributed by atoms with Crippen molar-refractivity contribution < 1.29 is 9.90 Å². The van der Waals surface area contributed by atoms with Gasteiger partial charge in [-0.25, -0.2) is 9.97 Å². The highest BCUT2D eigenvalue weighted by Crippen LogP contribution is 2.24. The molecule has 5 nitrogen and oxygen atoms in total. The summed E-state index contributed by atoms with van der Waals surface area (Å²) < 4.78 is 0. The summed E-state index contributed by atoms with van der Waals surface area (Å²) in [6.45, 7) is 3.97. The maximum absolute atomic E-state index is 10.6. The number of anilines is 1. The average molecular weight is 283 g/mol. The Morgan fingerprint density at radius 1 is 1.44 bits per heavy atom. The molecule has 0 spiro atoms. The Morgan fingerprint density at radius 2 is 2.22 bits per heavy atom. The van der Waals surface area contributed by atoms with Gasteiger partial charge in [0, 0.05) is 16.5 Å². The predicted octanol–water partition coefficient (Wildman–Crippen LogP) is 2.71. The molecule has 0 amide bonds. The van der Waals surface area contributed by atoms with Crippen molar-refractivity contribution in [2.24, 2.45) is 0 Å². The zero-order valence-electron chi connectivity index (χ0n) is 10.0. The summed E-state index contributed by atoms with van der Waals surface area (Å²) in [7, 11) is 0. The van der Waals surface area contributed by atoms with Crippen LogP contribution >= 0.6 is 22.7 Å². The molecule has 1 atom stereocenters. The Morgan fingerprint density at radius 3 is 2.83 bits per heavy atom. The minimum atomic E-state index is -0.865. The van der Waals surface area contributed by atoms with Crippen molar-refractivity contribution in [1.29, 1.82) is 0 Å². The van der Waals surface area contributed by atoms with Gasteiger partial charge in [0.15, 0.2) is 5.13 Å². The third-order valence-electron chi connectivity index (χ3n) is 2.23. The lowest BCUT2D eigenvalue weighted by molar-refractivity contribution is -0.136. The highest BCUT2D eigenvalue weighted by Gasteiger charge is 2.12. The first-order chi connectivity index (χ1) is 8.54. The molecule has 2 heterocycles. The standard InChI is InChI=1S/C11H13N3O2S2/c1-6-4-17-10(12-6)7(2)13-11-14-8(5-18-11)3-9(15)16/h4-5,7H,3H2,1-2H3,(H,13,14)(H,15,16). The van der Waals surface area contributed by atoms with E-state index in [0.29, 0.717) is 5.69 Å². The van der Waals surface area contributed by atoms with Crippen molar-refractivity contribution in [3.63, 3.8) is 0 Å². The number of carboxylic acids is 1. The summed E-state index contributed by atoms with van der Waals surface area (Å²) in [5.74, 6) is -0.865. The van der Waals surface area contributed by atoms with E-state index in [0.717, 1.165) is 15.8 Å². The van der Waals surface area contributed by atoms with E-state index >= 15 is 0 Å². The number of carbonyl (C=O) groups is 1. The van der Waals surface area contributed by atoms with E-state index in [1.54, 1.807) is 16.7 Å². The Balaban J connectivity index is 2.00. The number of aromatic nitrogens is 2. The molecule has 2 aromatic rings. The van der Waals surface area contributed by atoms with Gasteiger partial charge in [0.25, 0.3) is 0 Å². The van der Waals surface area contributed by atoms with Crippen LogP contribution in [0, 0.1) is 6.92 Å². The molecule has 0 aromatic carbocycles. The van der Waals surface area contributed by atoms with Gasteiger partial charge in [-0.1, -0.05) is 0 Å². The predicted molar refractivity (Wildman–Crippen MR) is 72.3 cm³/mol. The second kappa shape index (κ2) is 5.45. The molecule has 0 saturated carbocycles. The summed E-state index contributed by atoms with van der Waals surface area (Å²) in [5, 5.41) is 17.4. The fourth-order valence-electron chi connectivity index (χ4n) is 1.43. The Labute approximate surface area is 113 Å². The number of carboxylic acid groups (broad SMARTS) is 1. The van der Waals surface area contributed by atoms with Crippen molar-refractivity contribution >= 4 is 33.8 Å². The fourth-order valence-corrected chi connectivity index (χ4v) is 3.03. The van der Waals surface area contributed by atoms with E-state index < -0.39 is 5.97 Å². The first-order valence-corrected chi connectivity index (χ1v) is 7.15. The lowest BCUT2D eigenvalue weighted by Crippen LogP contribution is -2.06. The van der Waals surface area contributed by atoms with Crippen LogP contribution in [0.15, 0.2) is 10.8 Å². The van der Waals surface area contributed by atoms with Crippen LogP contribution in [0.2, 0.25) is 0 Å². The molecule has 0 bridgehead atoms. The summed E-state index contributed by atoms with van der Waals surface area (Å²) in [4.78, 5) is 19.2. The molecule has 0 aliphatic rings. The second-order valence-corrected chi connectivity index (χ2v) is 5.66. The zero-order valence-corrected chi connectivity index (χ0v) is 11.6. The normalized spacial score (nSPS) is 12.3. The summed E-state index contributed by atoms with van der Waals surface area (Å²) in [6, 6.07) is 0.0764. The SMILES string of the molecule is Cc1csc(C(C)Nc2nc(CC(=O)O)cs2)n1. The van der Waals surface area contributed by atoms with E-state index in [1.807, 2.05) is 19.2 Å². The first kappa shape index (κ1) is 13.0. The Hall–Kier alpha value is -1.47. The number of nitrogens with zero attached hydrogens (tertiary/aromatic N) is 2. The van der Waals surface area contributed by atoms with Gasteiger partial charge in [-0.05, 0) is 13.8 Å². The number of aryl methyl sites for hydroxylation is 1. The van der Waals surface area contributed by atoms with Crippen molar-refractivity contribution in [3.05, 3.63) is 27.2 Å². The third-order valence-corrected chi connectivity index (χ3v) is 4.20. The van der Waals surface area contributed by atoms with E-state index in [-0.39, 0.29) is 12.5 Å². The van der Waals surface area contributed by atoms with Gasteiger partial charge in [-0.15, -0.1) is 22.7 Å². The largest absolute Gasteiger partial charge is 0.481 e. The number of nitrogens with one attached hydrogen (secondary N) is 1. The van der Waals surface area contributed by atoms with Crippen LogP contribution in [0.4, 0.5) is 5.13 Å². The molecule has 96 valence electrons. The molecule has 0 fully saturated rings. The van der Waals surface area contributed by atoms with Crippen molar-refractivity contribution in [1.82, 2.24) is 9.97 Å². The van der Waals surface area contributed by atoms with E-state index in [9.17, 15) is 4.79 Å². The average Bonchev–Trinajstić information content (AvgIpc) is 2.87. The van der Waals surface area contributed by atoms with Crippen molar-refractivity contribution in [2.75, 3.05) is 5.32 Å². The molecule has 2 rings (SSSR count). The number of hydrogen-bond donors (Lipinski definition) is 2. The summed E-state index contributed by atoms with van der Waals surface area (Å²) in [6.07, 6.45) is -0.0388. The fraction of sp³-hybridized carbons (Fsp3) is 0.364. The third kappa shape index (κ3) is 3.27. The number of thiazole rings is 2. The molecular weight excluding hydrogens is 270 g/mol. The van der Waals surface area contributed by atoms with Gasteiger partial charge in [0.05, 0.1) is 18.2 Å². The first-order valence-electron chi connectivity index (χ1n) is 5.39. The number of aliphatic carboxylic acids is 1. The molecule has 0 radical (unpaired) electrons. The van der Waals surface area contributed by atoms with Gasteiger partial charge >= 0.3 is 5.97 Å². The van der Waals surface area contributed by atoms with Crippen LogP contribution in [-0.4, -0.2) is 21.0 Å². The molecule has 0 aliphatic heterocycles. The van der Waals surface area contributed by atoms with Crippen molar-refractivity contribution in [3.8, 4) is 0 Å². The topological polar surface area (TPSA) is 75.1 Å². The quantitative estimate of drug-likeness (QED) is 0.882. The maximum atomic E-state index is 10.6. The van der Waals surface area contributed by atoms with E-state index in [1.165, 1.54) is 11.3 Å². The Bertz CT molecular complexity index is 550. The van der Waals surface area contributed by atoms with Crippen LogP contribution in [-0.2, 0) is 11.2 Å². The molecule has 0 saturated heterocycles. The molecular formula is C11H13N3O2S2. The monoisotopic (exact) mass is 283 g/mol. The molecule has 1 unspecified atom stereocenters. The highest BCUT2D eigenvalue weighted by molar-refractivity contribution is 7.13. The number of hydrogen-bond acceptors (Lipinski definition) is 6. The van der Waals surface area contributed by atoms with Gasteiger partial charge in [-0.3, -0.25) is 4.79 Å². The van der Waals surface area contributed by atoms with E-state index in [2.05, 4.69) is 15.3 Å². The molecule has 2 aromatic heterocycles. The number of rotatable bonds is 5. The zero-order chi connectivity index (χ0) is 13.1. The smallest absolute Gasteiger partial charge is 0.309 e. The molecule has 0 aliphatic carbocycles. The Kier molecular flexibility index (Phi) is 3.93. The van der Waals surface area contributed by atoms with Crippen LogP contribution < -0.4 is 5.32 Å². The van der Waals surface area contributed by atoms with Gasteiger partial charge in [-0.2, -0.15) is 0 Å². The van der Waals surface area contributed by atoms with Crippen molar-refractivity contribution in [2.45, 2.75) is 26.3 Å². The van der Waals surface area contributed by atoms with Gasteiger partial charge in [0.1, 0.15) is 5.01 Å². The molecule has 18 heavy (non-hydrogen) atoms. The van der Waals surface area contributed by atoms with Gasteiger partial charge < -0.3 is 10.4 Å². The lowest BCUT2D eigenvalue weighted by Gasteiger charge is -2.09. The summed E-state index contributed by atoms with van der Waals surface area (Å²) in [5.41, 5.74) is 1.59. The van der Waals surface area contributed by atoms with Crippen LogP contribution in [0.5, 0.6) is 0 Å². The van der Waals surface area contributed by atoms with Crippen LogP contribution in [0.1, 0.15) is 29.4 Å². The second-order valence-electron chi connectivity index (χ2n) is 3.91. The lowest BCUT2D eigenvalue weighted by atomic mass is 10.3. The molecule has 2 N–H and O–H groups in total. The van der Waals surface area contributed by atoms with E-state index in [4.69, 9.17) is 5.11 Å². The van der Waals surface area contributed by atoms with Crippen LogP contribution in [0.25, 0.3) is 0 Å². The molecule has 7 heteroatoms. The van der Waals surface area contributed by atoms with Crippen LogP contribution in [0.3, 0.4) is 0 Å². The highest BCUT2D eigenvalue weighted by atomic mass is 32.1. The van der Waals surface area contributed by atoms with Gasteiger partial charge in [0.2, 0.25) is 0 Å². The maximum Gasteiger partial charge on any atom is 0.309 e. The minimum absolute atomic E-state index is 0.0388. The summed E-state index contributed by atoms with van der Waals surface area (Å²) >= 11 is 3.02. The minimum Gasteiger partial charge on any atom is -0.481 e.